The van der Waals surface area contributed by atoms with E-state index in [4.69, 9.17) is 0 Å². The number of urea groups is 1. The van der Waals surface area contributed by atoms with Crippen LogP contribution in [-0.2, 0) is 11.3 Å². The molecule has 7 nitrogen and oxygen atoms in total. The molecule has 2 aliphatic rings. The Labute approximate surface area is 175 Å². The Hall–Kier alpha value is -1.36. The summed E-state index contributed by atoms with van der Waals surface area (Å²) in [5.41, 5.74) is -0.797. The van der Waals surface area contributed by atoms with Crippen LogP contribution in [0.2, 0.25) is 0 Å². The number of carbonyl (C=O) groups is 2. The van der Waals surface area contributed by atoms with E-state index in [1.165, 1.54) is 9.75 Å². The third kappa shape index (κ3) is 4.30. The molecule has 1 atom stereocenters. The molecule has 26 heavy (non-hydrogen) atoms. The van der Waals surface area contributed by atoms with E-state index >= 15 is 0 Å². The maximum Gasteiger partial charge on any atom is 0.322 e. The number of hydrogen-bond donors (Lipinski definition) is 3. The van der Waals surface area contributed by atoms with Gasteiger partial charge in [-0.05, 0) is 44.7 Å². The summed E-state index contributed by atoms with van der Waals surface area (Å²) >= 11 is 1.78. The molecule has 2 saturated heterocycles. The fraction of sp³-hybridized carbons (Fsp3) is 0.588. The zero-order valence-corrected chi connectivity index (χ0v) is 18.4. The van der Waals surface area contributed by atoms with Crippen LogP contribution >= 0.6 is 35.3 Å². The minimum absolute atomic E-state index is 0. The SMILES string of the molecule is CN=C(NCc1ccc(C)s1)N1CCC(C2(C)NC(=O)NC2=O)CC1.I. The van der Waals surface area contributed by atoms with Gasteiger partial charge in [-0.2, -0.15) is 0 Å². The van der Waals surface area contributed by atoms with Gasteiger partial charge in [0, 0.05) is 29.9 Å². The van der Waals surface area contributed by atoms with Crippen molar-refractivity contribution in [3.05, 3.63) is 21.9 Å². The van der Waals surface area contributed by atoms with Crippen LogP contribution < -0.4 is 16.0 Å². The van der Waals surface area contributed by atoms with E-state index in [0.717, 1.165) is 38.4 Å². The van der Waals surface area contributed by atoms with Crippen LogP contribution in [0.15, 0.2) is 17.1 Å². The van der Waals surface area contributed by atoms with Crippen molar-refractivity contribution in [1.29, 1.82) is 0 Å². The summed E-state index contributed by atoms with van der Waals surface area (Å²) in [5.74, 6) is 0.800. The Kier molecular flexibility index (Phi) is 6.89. The molecule has 0 saturated carbocycles. The van der Waals surface area contributed by atoms with Gasteiger partial charge in [-0.3, -0.25) is 15.1 Å². The molecule has 3 heterocycles. The maximum atomic E-state index is 12.1. The average Bonchev–Trinajstić information content (AvgIpc) is 3.12. The molecule has 2 aliphatic heterocycles. The van der Waals surface area contributed by atoms with E-state index in [-0.39, 0.29) is 35.8 Å². The second-order valence-corrected chi connectivity index (χ2v) is 8.16. The molecular weight excluding hydrogens is 465 g/mol. The van der Waals surface area contributed by atoms with Crippen molar-refractivity contribution >= 4 is 53.2 Å². The monoisotopic (exact) mass is 491 g/mol. The highest BCUT2D eigenvalue weighted by Crippen LogP contribution is 2.30. The number of carbonyl (C=O) groups excluding carboxylic acids is 2. The van der Waals surface area contributed by atoms with Gasteiger partial charge in [0.25, 0.3) is 5.91 Å². The minimum atomic E-state index is -0.797. The van der Waals surface area contributed by atoms with Crippen LogP contribution in [0.4, 0.5) is 4.79 Å². The normalized spacial score (nSPS) is 24.1. The predicted molar refractivity (Wildman–Crippen MR) is 114 cm³/mol. The lowest BCUT2D eigenvalue weighted by atomic mass is 9.79. The standard InChI is InChI=1S/C17H25N5O2S.HI/c1-11-4-5-13(25-11)10-19-15(18-3)22-8-6-12(7-9-22)17(2)14(23)20-16(24)21-17;/h4-5,12H,6-10H2,1-3H3,(H,18,19)(H2,20,21,23,24);1H. The lowest BCUT2D eigenvalue weighted by Gasteiger charge is -2.39. The fourth-order valence-corrected chi connectivity index (χ4v) is 4.42. The Bertz CT molecular complexity index is 699. The Balaban J connectivity index is 0.00000243. The highest BCUT2D eigenvalue weighted by Gasteiger charge is 2.48. The molecular formula is C17H26IN5O2S. The van der Waals surface area contributed by atoms with Gasteiger partial charge in [-0.25, -0.2) is 4.79 Å². The number of nitrogens with one attached hydrogen (secondary N) is 3. The number of aryl methyl sites for hydroxylation is 1. The van der Waals surface area contributed by atoms with Gasteiger partial charge < -0.3 is 15.5 Å². The first kappa shape index (κ1) is 20.9. The van der Waals surface area contributed by atoms with Gasteiger partial charge in [0.2, 0.25) is 0 Å². The summed E-state index contributed by atoms with van der Waals surface area (Å²) in [7, 11) is 1.79. The summed E-state index contributed by atoms with van der Waals surface area (Å²) in [6.07, 6.45) is 1.67. The molecule has 0 radical (unpaired) electrons. The topological polar surface area (TPSA) is 85.8 Å². The van der Waals surface area contributed by atoms with Crippen molar-refractivity contribution in [2.24, 2.45) is 10.9 Å². The van der Waals surface area contributed by atoms with Crippen LogP contribution in [0, 0.1) is 12.8 Å². The molecule has 3 rings (SSSR count). The van der Waals surface area contributed by atoms with Crippen LogP contribution in [0.25, 0.3) is 0 Å². The van der Waals surface area contributed by atoms with Crippen LogP contribution in [0.1, 0.15) is 29.5 Å². The molecule has 3 N–H and O–H groups in total. The molecule has 0 aliphatic carbocycles. The van der Waals surface area contributed by atoms with Crippen molar-refractivity contribution in [2.75, 3.05) is 20.1 Å². The van der Waals surface area contributed by atoms with Crippen LogP contribution in [-0.4, -0.2) is 48.5 Å². The van der Waals surface area contributed by atoms with Gasteiger partial charge >= 0.3 is 6.03 Å². The van der Waals surface area contributed by atoms with Gasteiger partial charge in [0.15, 0.2) is 5.96 Å². The number of thiophene rings is 1. The molecule has 1 unspecified atom stereocenters. The highest BCUT2D eigenvalue weighted by atomic mass is 127. The van der Waals surface area contributed by atoms with E-state index in [2.05, 4.69) is 44.9 Å². The molecule has 0 bridgehead atoms. The summed E-state index contributed by atoms with van der Waals surface area (Å²) in [6, 6.07) is 3.87. The van der Waals surface area contributed by atoms with Crippen molar-refractivity contribution in [3.8, 4) is 0 Å². The van der Waals surface area contributed by atoms with Crippen molar-refractivity contribution < 1.29 is 9.59 Å². The molecule has 144 valence electrons. The summed E-state index contributed by atoms with van der Waals surface area (Å²) in [6.45, 7) is 6.31. The summed E-state index contributed by atoms with van der Waals surface area (Å²) in [4.78, 5) is 32.8. The van der Waals surface area contributed by atoms with Crippen LogP contribution in [0.5, 0.6) is 0 Å². The number of likely N-dealkylation sites (tertiary alicyclic amines) is 1. The number of aliphatic imine (C=N–C) groups is 1. The number of rotatable bonds is 3. The third-order valence-corrected chi connectivity index (χ3v) is 6.11. The number of amides is 3. The molecule has 3 amide bonds. The Morgan fingerprint density at radius 1 is 1.38 bits per heavy atom. The summed E-state index contributed by atoms with van der Waals surface area (Å²) < 4.78 is 0. The summed E-state index contributed by atoms with van der Waals surface area (Å²) in [5, 5.41) is 8.56. The second-order valence-electron chi connectivity index (χ2n) is 6.79. The third-order valence-electron chi connectivity index (χ3n) is 5.11. The lowest BCUT2D eigenvalue weighted by molar-refractivity contribution is -0.125. The van der Waals surface area contributed by atoms with Gasteiger partial charge in [0.05, 0.1) is 6.54 Å². The zero-order valence-electron chi connectivity index (χ0n) is 15.3. The molecule has 1 aromatic heterocycles. The smallest absolute Gasteiger partial charge is 0.322 e. The van der Waals surface area contributed by atoms with Crippen LogP contribution in [0.3, 0.4) is 0 Å². The zero-order chi connectivity index (χ0) is 18.0. The largest absolute Gasteiger partial charge is 0.351 e. The Morgan fingerprint density at radius 3 is 2.58 bits per heavy atom. The predicted octanol–water partition coefficient (Wildman–Crippen LogP) is 2.06. The number of halogens is 1. The van der Waals surface area contributed by atoms with E-state index in [0.29, 0.717) is 0 Å². The van der Waals surface area contributed by atoms with Gasteiger partial charge in [-0.15, -0.1) is 35.3 Å². The van der Waals surface area contributed by atoms with Crippen molar-refractivity contribution in [2.45, 2.75) is 38.8 Å². The number of nitrogens with zero attached hydrogens (tertiary/aromatic N) is 2. The first-order valence-corrected chi connectivity index (χ1v) is 9.38. The number of piperidine rings is 1. The average molecular weight is 491 g/mol. The maximum absolute atomic E-state index is 12.1. The van der Waals surface area contributed by atoms with E-state index in [1.807, 2.05) is 6.92 Å². The first-order chi connectivity index (χ1) is 11.9. The fourth-order valence-electron chi connectivity index (χ4n) is 3.59. The molecule has 2 fully saturated rings. The quantitative estimate of drug-likeness (QED) is 0.262. The van der Waals surface area contributed by atoms with E-state index in [1.54, 1.807) is 18.4 Å². The molecule has 0 aromatic carbocycles. The highest BCUT2D eigenvalue weighted by molar-refractivity contribution is 14.0. The first-order valence-electron chi connectivity index (χ1n) is 8.57. The van der Waals surface area contributed by atoms with E-state index in [9.17, 15) is 9.59 Å². The lowest BCUT2D eigenvalue weighted by Crippen LogP contribution is -2.55. The van der Waals surface area contributed by atoms with Crippen molar-refractivity contribution in [1.82, 2.24) is 20.9 Å². The van der Waals surface area contributed by atoms with Gasteiger partial charge in [-0.1, -0.05) is 0 Å². The molecule has 0 spiro atoms. The van der Waals surface area contributed by atoms with E-state index < -0.39 is 11.6 Å². The number of guanidine groups is 1. The number of imide groups is 1. The Morgan fingerprint density at radius 2 is 2.08 bits per heavy atom. The van der Waals surface area contributed by atoms with Gasteiger partial charge in [0.1, 0.15) is 5.54 Å². The molecule has 1 aromatic rings. The molecule has 9 heteroatoms. The minimum Gasteiger partial charge on any atom is -0.351 e. The second kappa shape index (κ2) is 8.55. The van der Waals surface area contributed by atoms with Crippen molar-refractivity contribution in [3.63, 3.8) is 0 Å². The number of hydrogen-bond acceptors (Lipinski definition) is 4.